The summed E-state index contributed by atoms with van der Waals surface area (Å²) in [6, 6.07) is 6.86. The third-order valence-electron chi connectivity index (χ3n) is 7.01. The molecular weight excluding hydrogens is 400 g/mol. The molecule has 0 saturated heterocycles. The number of rotatable bonds is 4. The number of ether oxygens (including phenoxy) is 2. The van der Waals surface area contributed by atoms with Crippen LogP contribution in [0.25, 0.3) is 0 Å². The first kappa shape index (κ1) is 21.1. The first-order valence-corrected chi connectivity index (χ1v) is 10.1. The normalized spacial score (nSPS) is 19.0. The molecular formula is C23H26N2O6. The molecule has 2 aromatic rings. The lowest BCUT2D eigenvalue weighted by atomic mass is 9.72. The fraction of sp³-hybridized carbons (Fsp3) is 0.478. The summed E-state index contributed by atoms with van der Waals surface area (Å²) in [7, 11) is 2.86. The standard InChI is InChI=1S/C23H26N2O6/c1-21(2)11-23(15-9-19(30-5)17(24(26)27)7-13(15)21)12-22(3,4)14-8-18(25(28)29)20(31-6)10-16(14)23/h7-10H,11-12H2,1-6H3. The van der Waals surface area contributed by atoms with Crippen molar-refractivity contribution in [2.75, 3.05) is 14.2 Å². The van der Waals surface area contributed by atoms with E-state index in [1.165, 1.54) is 14.2 Å². The average molecular weight is 426 g/mol. The highest BCUT2D eigenvalue weighted by Gasteiger charge is 2.57. The molecule has 1 spiro atoms. The van der Waals surface area contributed by atoms with Crippen molar-refractivity contribution in [1.29, 1.82) is 0 Å². The highest BCUT2D eigenvalue weighted by atomic mass is 16.6. The van der Waals surface area contributed by atoms with E-state index < -0.39 is 15.3 Å². The van der Waals surface area contributed by atoms with Gasteiger partial charge >= 0.3 is 11.4 Å². The Labute approximate surface area is 180 Å². The molecule has 4 rings (SSSR count). The first-order valence-electron chi connectivity index (χ1n) is 10.1. The lowest BCUT2D eigenvalue weighted by Crippen LogP contribution is -2.27. The highest BCUT2D eigenvalue weighted by molar-refractivity contribution is 5.67. The van der Waals surface area contributed by atoms with Gasteiger partial charge in [0.2, 0.25) is 0 Å². The molecule has 2 aliphatic carbocycles. The van der Waals surface area contributed by atoms with Crippen LogP contribution in [0.5, 0.6) is 11.5 Å². The molecule has 8 nitrogen and oxygen atoms in total. The van der Waals surface area contributed by atoms with Crippen molar-refractivity contribution in [1.82, 2.24) is 0 Å². The molecule has 2 aromatic carbocycles. The van der Waals surface area contributed by atoms with Crippen LogP contribution in [-0.4, -0.2) is 24.1 Å². The molecule has 8 heteroatoms. The maximum atomic E-state index is 11.6. The zero-order valence-electron chi connectivity index (χ0n) is 18.6. The Hall–Kier alpha value is -3.16. The van der Waals surface area contributed by atoms with Gasteiger partial charge in [0, 0.05) is 17.5 Å². The quantitative estimate of drug-likeness (QED) is 0.493. The van der Waals surface area contributed by atoms with Gasteiger partial charge in [-0.05, 0) is 58.1 Å². The number of fused-ring (bicyclic) bond motifs is 4. The molecule has 0 unspecified atom stereocenters. The third kappa shape index (κ3) is 2.80. The van der Waals surface area contributed by atoms with Gasteiger partial charge in [-0.15, -0.1) is 0 Å². The number of methoxy groups -OCH3 is 2. The second-order valence-electron chi connectivity index (χ2n) is 9.86. The lowest BCUT2D eigenvalue weighted by molar-refractivity contribution is -0.386. The van der Waals surface area contributed by atoms with E-state index in [2.05, 4.69) is 27.7 Å². The van der Waals surface area contributed by atoms with Gasteiger partial charge in [-0.3, -0.25) is 20.2 Å². The fourth-order valence-corrected chi connectivity index (χ4v) is 5.95. The van der Waals surface area contributed by atoms with Gasteiger partial charge < -0.3 is 9.47 Å². The van der Waals surface area contributed by atoms with Gasteiger partial charge in [0.05, 0.1) is 24.1 Å². The van der Waals surface area contributed by atoms with E-state index >= 15 is 0 Å². The van der Waals surface area contributed by atoms with E-state index in [-0.39, 0.29) is 33.7 Å². The van der Waals surface area contributed by atoms with Crippen LogP contribution >= 0.6 is 0 Å². The zero-order valence-corrected chi connectivity index (χ0v) is 18.6. The number of hydrogen-bond donors (Lipinski definition) is 0. The summed E-state index contributed by atoms with van der Waals surface area (Å²) in [6.07, 6.45) is 1.47. The summed E-state index contributed by atoms with van der Waals surface area (Å²) in [4.78, 5) is 22.4. The summed E-state index contributed by atoms with van der Waals surface area (Å²) in [5.41, 5.74) is 2.63. The minimum atomic E-state index is -0.442. The predicted octanol–water partition coefficient (Wildman–Crippen LogP) is 5.17. The van der Waals surface area contributed by atoms with Crippen LogP contribution in [0.1, 0.15) is 62.8 Å². The van der Waals surface area contributed by atoms with Crippen molar-refractivity contribution in [3.05, 3.63) is 66.7 Å². The van der Waals surface area contributed by atoms with Crippen LogP contribution in [0.4, 0.5) is 11.4 Å². The van der Waals surface area contributed by atoms with Crippen molar-refractivity contribution in [2.45, 2.75) is 56.8 Å². The molecule has 0 bridgehead atoms. The molecule has 0 aromatic heterocycles. The van der Waals surface area contributed by atoms with E-state index in [0.717, 1.165) is 35.1 Å². The van der Waals surface area contributed by atoms with Gasteiger partial charge in [0.1, 0.15) is 0 Å². The lowest BCUT2D eigenvalue weighted by Gasteiger charge is -2.30. The molecule has 31 heavy (non-hydrogen) atoms. The second-order valence-corrected chi connectivity index (χ2v) is 9.86. The van der Waals surface area contributed by atoms with Gasteiger partial charge in [0.15, 0.2) is 11.5 Å². The SMILES string of the molecule is COc1cc2c(cc1[N+](=O)[O-])C(C)(C)CC21CC(C)(C)c2cc([N+](=O)[O-])c(OC)cc21. The molecule has 0 aliphatic heterocycles. The predicted molar refractivity (Wildman–Crippen MR) is 115 cm³/mol. The Morgan fingerprint density at radius 1 is 0.710 bits per heavy atom. The minimum absolute atomic E-state index is 0.0508. The summed E-state index contributed by atoms with van der Waals surface area (Å²) < 4.78 is 10.8. The van der Waals surface area contributed by atoms with E-state index in [4.69, 9.17) is 9.47 Å². The maximum absolute atomic E-state index is 11.6. The summed E-state index contributed by atoms with van der Waals surface area (Å²) >= 11 is 0. The molecule has 0 radical (unpaired) electrons. The monoisotopic (exact) mass is 426 g/mol. The van der Waals surface area contributed by atoms with Crippen molar-refractivity contribution < 1.29 is 19.3 Å². The Bertz CT molecular complexity index is 1050. The number of hydrogen-bond acceptors (Lipinski definition) is 6. The molecule has 0 atom stereocenters. The maximum Gasteiger partial charge on any atom is 0.311 e. The Balaban J connectivity index is 2.06. The van der Waals surface area contributed by atoms with Crippen LogP contribution in [0.3, 0.4) is 0 Å². The van der Waals surface area contributed by atoms with Crippen LogP contribution in [-0.2, 0) is 16.2 Å². The van der Waals surface area contributed by atoms with Crippen LogP contribution < -0.4 is 9.47 Å². The second kappa shape index (κ2) is 6.42. The van der Waals surface area contributed by atoms with E-state index in [0.29, 0.717) is 0 Å². The van der Waals surface area contributed by atoms with Crippen LogP contribution in [0.2, 0.25) is 0 Å². The number of nitro benzene ring substituents is 2. The largest absolute Gasteiger partial charge is 0.490 e. The topological polar surface area (TPSA) is 105 Å². The molecule has 0 N–H and O–H groups in total. The highest BCUT2D eigenvalue weighted by Crippen LogP contribution is 2.64. The molecule has 0 heterocycles. The summed E-state index contributed by atoms with van der Waals surface area (Å²) in [5, 5.41) is 23.3. The molecule has 164 valence electrons. The number of nitro groups is 2. The van der Waals surface area contributed by atoms with E-state index in [1.807, 2.05) is 0 Å². The van der Waals surface area contributed by atoms with Crippen LogP contribution in [0.15, 0.2) is 24.3 Å². The zero-order chi connectivity index (χ0) is 22.9. The average Bonchev–Trinajstić information content (AvgIpc) is 3.05. The van der Waals surface area contributed by atoms with E-state index in [1.54, 1.807) is 24.3 Å². The van der Waals surface area contributed by atoms with Gasteiger partial charge in [-0.25, -0.2) is 0 Å². The fourth-order valence-electron chi connectivity index (χ4n) is 5.95. The van der Waals surface area contributed by atoms with Gasteiger partial charge in [-0.1, -0.05) is 27.7 Å². The van der Waals surface area contributed by atoms with Crippen molar-refractivity contribution in [3.63, 3.8) is 0 Å². The smallest absolute Gasteiger partial charge is 0.311 e. The van der Waals surface area contributed by atoms with Gasteiger partial charge in [-0.2, -0.15) is 0 Å². The summed E-state index contributed by atoms with van der Waals surface area (Å²) in [5.74, 6) is 0.446. The molecule has 0 saturated carbocycles. The Kier molecular flexibility index (Phi) is 4.37. The summed E-state index contributed by atoms with van der Waals surface area (Å²) in [6.45, 7) is 8.35. The molecule has 2 aliphatic rings. The van der Waals surface area contributed by atoms with Crippen molar-refractivity contribution in [3.8, 4) is 11.5 Å². The van der Waals surface area contributed by atoms with E-state index in [9.17, 15) is 20.2 Å². The van der Waals surface area contributed by atoms with Crippen LogP contribution in [0, 0.1) is 20.2 Å². The number of nitrogens with zero attached hydrogens (tertiary/aromatic N) is 2. The Morgan fingerprint density at radius 2 is 1.06 bits per heavy atom. The van der Waals surface area contributed by atoms with Crippen molar-refractivity contribution in [2.24, 2.45) is 0 Å². The third-order valence-corrected chi connectivity index (χ3v) is 7.01. The van der Waals surface area contributed by atoms with Crippen molar-refractivity contribution >= 4 is 11.4 Å². The Morgan fingerprint density at radius 3 is 1.35 bits per heavy atom. The molecule has 0 amide bonds. The minimum Gasteiger partial charge on any atom is -0.490 e. The number of benzene rings is 2. The first-order chi connectivity index (χ1) is 14.4. The molecule has 0 fully saturated rings. The van der Waals surface area contributed by atoms with Gasteiger partial charge in [0.25, 0.3) is 0 Å².